The fraction of sp³-hybridized carbons (Fsp3) is 0.167. The molecule has 2 aromatic carbocycles. The molecule has 0 aliphatic rings. The Morgan fingerprint density at radius 2 is 1.79 bits per heavy atom. The standard InChI is InChI=1S/C18H18N2O3S/c1-3-12-20(14-16-6-4-15(13-19)5-7-16)24(21,22)18-10-8-17(23-2)9-11-18/h3-11H,1,12,14H2,2H3. The average molecular weight is 342 g/mol. The maximum Gasteiger partial charge on any atom is 0.243 e. The zero-order valence-corrected chi connectivity index (χ0v) is 14.2. The molecule has 0 bridgehead atoms. The summed E-state index contributed by atoms with van der Waals surface area (Å²) in [4.78, 5) is 0.193. The molecule has 24 heavy (non-hydrogen) atoms. The van der Waals surface area contributed by atoms with E-state index in [9.17, 15) is 8.42 Å². The number of nitriles is 1. The van der Waals surface area contributed by atoms with Crippen LogP contribution in [0.1, 0.15) is 11.1 Å². The van der Waals surface area contributed by atoms with E-state index in [1.165, 1.54) is 23.5 Å². The van der Waals surface area contributed by atoms with Crippen LogP contribution in [0.5, 0.6) is 5.75 Å². The molecule has 2 rings (SSSR count). The van der Waals surface area contributed by atoms with Gasteiger partial charge in [0.25, 0.3) is 0 Å². The lowest BCUT2D eigenvalue weighted by Crippen LogP contribution is -2.30. The lowest BCUT2D eigenvalue weighted by atomic mass is 10.1. The molecule has 0 N–H and O–H groups in total. The highest BCUT2D eigenvalue weighted by atomic mass is 32.2. The Balaban J connectivity index is 2.29. The van der Waals surface area contributed by atoms with Crippen molar-refractivity contribution in [1.29, 1.82) is 5.26 Å². The molecule has 0 unspecified atom stereocenters. The van der Waals surface area contributed by atoms with Crippen LogP contribution in [0.2, 0.25) is 0 Å². The third-order valence-electron chi connectivity index (χ3n) is 3.47. The number of hydrogen-bond acceptors (Lipinski definition) is 4. The molecule has 0 saturated heterocycles. The van der Waals surface area contributed by atoms with Crippen molar-refractivity contribution in [2.45, 2.75) is 11.4 Å². The van der Waals surface area contributed by atoms with Gasteiger partial charge in [-0.1, -0.05) is 18.2 Å². The van der Waals surface area contributed by atoms with Crippen molar-refractivity contribution < 1.29 is 13.2 Å². The summed E-state index contributed by atoms with van der Waals surface area (Å²) < 4.78 is 32.1. The molecule has 0 atom stereocenters. The second-order valence-electron chi connectivity index (χ2n) is 5.07. The summed E-state index contributed by atoms with van der Waals surface area (Å²) in [6.07, 6.45) is 1.55. The second-order valence-corrected chi connectivity index (χ2v) is 7.01. The van der Waals surface area contributed by atoms with Gasteiger partial charge in [0.15, 0.2) is 0 Å². The first-order chi connectivity index (χ1) is 11.5. The monoisotopic (exact) mass is 342 g/mol. The number of methoxy groups -OCH3 is 1. The summed E-state index contributed by atoms with van der Waals surface area (Å²) in [5.74, 6) is 0.594. The van der Waals surface area contributed by atoms with Gasteiger partial charge in [0.05, 0.1) is 23.6 Å². The van der Waals surface area contributed by atoms with Gasteiger partial charge in [-0.25, -0.2) is 8.42 Å². The van der Waals surface area contributed by atoms with Crippen LogP contribution in [0, 0.1) is 11.3 Å². The van der Waals surface area contributed by atoms with Crippen molar-refractivity contribution in [3.63, 3.8) is 0 Å². The summed E-state index contributed by atoms with van der Waals surface area (Å²) in [6.45, 7) is 4.02. The topological polar surface area (TPSA) is 70.4 Å². The van der Waals surface area contributed by atoms with Gasteiger partial charge >= 0.3 is 0 Å². The summed E-state index contributed by atoms with van der Waals surface area (Å²) in [5.41, 5.74) is 1.33. The smallest absolute Gasteiger partial charge is 0.243 e. The maximum atomic E-state index is 12.8. The largest absolute Gasteiger partial charge is 0.497 e. The van der Waals surface area contributed by atoms with E-state index in [1.54, 1.807) is 42.5 Å². The summed E-state index contributed by atoms with van der Waals surface area (Å²) >= 11 is 0. The van der Waals surface area contributed by atoms with E-state index in [1.807, 2.05) is 6.07 Å². The fourth-order valence-electron chi connectivity index (χ4n) is 2.18. The minimum atomic E-state index is -3.66. The van der Waals surface area contributed by atoms with Crippen molar-refractivity contribution in [2.75, 3.05) is 13.7 Å². The van der Waals surface area contributed by atoms with Crippen LogP contribution >= 0.6 is 0 Å². The van der Waals surface area contributed by atoms with Crippen LogP contribution in [0.15, 0.2) is 66.1 Å². The summed E-state index contributed by atoms with van der Waals surface area (Å²) in [5, 5.41) is 8.84. The van der Waals surface area contributed by atoms with Gasteiger partial charge in [0.1, 0.15) is 5.75 Å². The number of sulfonamides is 1. The Bertz CT molecular complexity index is 835. The van der Waals surface area contributed by atoms with Crippen molar-refractivity contribution in [3.05, 3.63) is 72.3 Å². The molecule has 6 heteroatoms. The zero-order chi connectivity index (χ0) is 17.6. The molecule has 0 saturated carbocycles. The second kappa shape index (κ2) is 7.77. The van der Waals surface area contributed by atoms with E-state index in [4.69, 9.17) is 10.00 Å². The first-order valence-corrected chi connectivity index (χ1v) is 8.69. The number of nitrogens with zero attached hydrogens (tertiary/aromatic N) is 2. The minimum absolute atomic E-state index is 0.189. The fourth-order valence-corrected chi connectivity index (χ4v) is 3.58. The molecule has 2 aromatic rings. The van der Waals surface area contributed by atoms with Gasteiger partial charge in [-0.05, 0) is 42.0 Å². The highest BCUT2D eigenvalue weighted by molar-refractivity contribution is 7.89. The van der Waals surface area contributed by atoms with E-state index in [0.29, 0.717) is 11.3 Å². The molecule has 0 heterocycles. The van der Waals surface area contributed by atoms with Crippen molar-refractivity contribution in [3.8, 4) is 11.8 Å². The Labute approximate surface area is 142 Å². The third kappa shape index (κ3) is 4.02. The molecule has 5 nitrogen and oxygen atoms in total. The summed E-state index contributed by atoms with van der Waals surface area (Å²) in [7, 11) is -2.13. The zero-order valence-electron chi connectivity index (χ0n) is 13.3. The maximum absolute atomic E-state index is 12.8. The van der Waals surface area contributed by atoms with Crippen LogP contribution in [-0.4, -0.2) is 26.4 Å². The molecule has 124 valence electrons. The van der Waals surface area contributed by atoms with Crippen LogP contribution in [0.25, 0.3) is 0 Å². The summed E-state index contributed by atoms with van der Waals surface area (Å²) in [6, 6.07) is 15.1. The highest BCUT2D eigenvalue weighted by Gasteiger charge is 2.23. The molecular formula is C18H18N2O3S. The van der Waals surface area contributed by atoms with Crippen molar-refractivity contribution >= 4 is 10.0 Å². The van der Waals surface area contributed by atoms with Crippen LogP contribution in [0.3, 0.4) is 0 Å². The normalized spacial score (nSPS) is 11.0. The van der Waals surface area contributed by atoms with Crippen molar-refractivity contribution in [1.82, 2.24) is 4.31 Å². The third-order valence-corrected chi connectivity index (χ3v) is 5.30. The van der Waals surface area contributed by atoms with E-state index < -0.39 is 10.0 Å². The Hall–Kier alpha value is -2.62. The van der Waals surface area contributed by atoms with Gasteiger partial charge in [0.2, 0.25) is 10.0 Å². The van der Waals surface area contributed by atoms with E-state index in [2.05, 4.69) is 6.58 Å². The van der Waals surface area contributed by atoms with E-state index in [-0.39, 0.29) is 18.0 Å². The Morgan fingerprint density at radius 3 is 2.29 bits per heavy atom. The minimum Gasteiger partial charge on any atom is -0.497 e. The SMILES string of the molecule is C=CCN(Cc1ccc(C#N)cc1)S(=O)(=O)c1ccc(OC)cc1. The highest BCUT2D eigenvalue weighted by Crippen LogP contribution is 2.21. The quantitative estimate of drug-likeness (QED) is 0.725. The van der Waals surface area contributed by atoms with Gasteiger partial charge in [-0.3, -0.25) is 0 Å². The molecule has 0 aliphatic heterocycles. The molecule has 0 amide bonds. The van der Waals surface area contributed by atoms with Gasteiger partial charge in [-0.15, -0.1) is 6.58 Å². The number of benzene rings is 2. The number of ether oxygens (including phenoxy) is 1. The van der Waals surface area contributed by atoms with Crippen LogP contribution < -0.4 is 4.74 Å². The predicted molar refractivity (Wildman–Crippen MR) is 91.9 cm³/mol. The van der Waals surface area contributed by atoms with E-state index in [0.717, 1.165) is 5.56 Å². The Kier molecular flexibility index (Phi) is 5.74. The Morgan fingerprint density at radius 1 is 1.17 bits per heavy atom. The number of hydrogen-bond donors (Lipinski definition) is 0. The average Bonchev–Trinajstić information content (AvgIpc) is 2.62. The van der Waals surface area contributed by atoms with Crippen LogP contribution in [-0.2, 0) is 16.6 Å². The molecule has 0 spiro atoms. The lowest BCUT2D eigenvalue weighted by Gasteiger charge is -2.21. The van der Waals surface area contributed by atoms with Crippen molar-refractivity contribution in [2.24, 2.45) is 0 Å². The molecule has 0 aromatic heterocycles. The molecule has 0 fully saturated rings. The molecular weight excluding hydrogens is 324 g/mol. The van der Waals surface area contributed by atoms with Gasteiger partial charge < -0.3 is 4.74 Å². The first kappa shape index (κ1) is 17.7. The van der Waals surface area contributed by atoms with Crippen LogP contribution in [0.4, 0.5) is 0 Å². The van der Waals surface area contributed by atoms with E-state index >= 15 is 0 Å². The molecule has 0 aliphatic carbocycles. The predicted octanol–water partition coefficient (Wildman–Crippen LogP) is 2.94. The lowest BCUT2D eigenvalue weighted by molar-refractivity contribution is 0.414. The molecule has 0 radical (unpaired) electrons. The first-order valence-electron chi connectivity index (χ1n) is 7.25. The number of rotatable bonds is 7. The van der Waals surface area contributed by atoms with Gasteiger partial charge in [0, 0.05) is 13.1 Å². The van der Waals surface area contributed by atoms with Gasteiger partial charge in [-0.2, -0.15) is 9.57 Å².